The van der Waals surface area contributed by atoms with Gasteiger partial charge < -0.3 is 10.1 Å². The lowest BCUT2D eigenvalue weighted by molar-refractivity contribution is -0.122. The van der Waals surface area contributed by atoms with Crippen LogP contribution < -0.4 is 10.1 Å². The third kappa shape index (κ3) is 4.39. The van der Waals surface area contributed by atoms with E-state index < -0.39 is 6.10 Å². The fourth-order valence-corrected chi connectivity index (χ4v) is 2.95. The molecule has 0 aliphatic carbocycles. The SMILES string of the molecule is Cc1cc(NC(=O)[C@@H](C)Oc2nn(-c3ccccc3)cc2Br)n(C(C)C)n1. The van der Waals surface area contributed by atoms with Crippen LogP contribution in [0.25, 0.3) is 5.69 Å². The minimum Gasteiger partial charge on any atom is -0.463 e. The number of carbonyl (C=O) groups excluding carboxylic acids is 1. The molecule has 0 saturated carbocycles. The predicted octanol–water partition coefficient (Wildman–Crippen LogP) is 4.13. The summed E-state index contributed by atoms with van der Waals surface area (Å²) in [7, 11) is 0. The Hall–Kier alpha value is -2.61. The zero-order chi connectivity index (χ0) is 19.6. The summed E-state index contributed by atoms with van der Waals surface area (Å²) in [4.78, 5) is 12.6. The molecule has 1 aromatic carbocycles. The van der Waals surface area contributed by atoms with Gasteiger partial charge in [0.15, 0.2) is 6.10 Å². The normalized spacial score (nSPS) is 12.2. The maximum atomic E-state index is 12.6. The van der Waals surface area contributed by atoms with Crippen molar-refractivity contribution in [2.75, 3.05) is 5.32 Å². The molecule has 27 heavy (non-hydrogen) atoms. The van der Waals surface area contributed by atoms with Gasteiger partial charge in [-0.05, 0) is 55.8 Å². The molecule has 1 amide bonds. The predicted molar refractivity (Wildman–Crippen MR) is 107 cm³/mol. The molecule has 142 valence electrons. The number of aromatic nitrogens is 4. The minimum atomic E-state index is -0.726. The van der Waals surface area contributed by atoms with Crippen molar-refractivity contribution in [2.45, 2.75) is 39.8 Å². The summed E-state index contributed by atoms with van der Waals surface area (Å²) in [6.45, 7) is 7.60. The van der Waals surface area contributed by atoms with Gasteiger partial charge in [-0.1, -0.05) is 18.2 Å². The van der Waals surface area contributed by atoms with Gasteiger partial charge in [0.25, 0.3) is 5.91 Å². The quantitative estimate of drug-likeness (QED) is 0.636. The Morgan fingerprint density at radius 1 is 1.19 bits per heavy atom. The maximum Gasteiger partial charge on any atom is 0.266 e. The molecule has 1 N–H and O–H groups in total. The summed E-state index contributed by atoms with van der Waals surface area (Å²) in [6.07, 6.45) is 1.07. The second kappa shape index (κ2) is 7.96. The molecule has 3 rings (SSSR count). The zero-order valence-corrected chi connectivity index (χ0v) is 17.3. The van der Waals surface area contributed by atoms with Crippen LogP contribution in [0, 0.1) is 6.92 Å². The minimum absolute atomic E-state index is 0.140. The third-order valence-corrected chi connectivity index (χ3v) is 4.46. The molecule has 0 spiro atoms. The van der Waals surface area contributed by atoms with Crippen molar-refractivity contribution in [1.29, 1.82) is 0 Å². The van der Waals surface area contributed by atoms with E-state index in [-0.39, 0.29) is 11.9 Å². The standard InChI is InChI=1S/C19H22BrN5O2/c1-12(2)25-17(10-13(3)22-25)21-18(26)14(4)27-19-16(20)11-24(23-19)15-8-6-5-7-9-15/h5-12,14H,1-4H3,(H,21,26)/t14-/m1/s1. The number of para-hydroxylation sites is 1. The van der Waals surface area contributed by atoms with E-state index >= 15 is 0 Å². The molecule has 8 heteroatoms. The van der Waals surface area contributed by atoms with E-state index in [0.717, 1.165) is 11.4 Å². The van der Waals surface area contributed by atoms with E-state index in [1.807, 2.05) is 57.2 Å². The number of anilines is 1. The van der Waals surface area contributed by atoms with Gasteiger partial charge in [0.1, 0.15) is 5.82 Å². The number of hydrogen-bond donors (Lipinski definition) is 1. The van der Waals surface area contributed by atoms with E-state index in [4.69, 9.17) is 4.74 Å². The Balaban J connectivity index is 1.71. The monoisotopic (exact) mass is 431 g/mol. The molecule has 7 nitrogen and oxygen atoms in total. The number of benzene rings is 1. The molecule has 0 fully saturated rings. The highest BCUT2D eigenvalue weighted by molar-refractivity contribution is 9.10. The Bertz CT molecular complexity index is 933. The first-order chi connectivity index (χ1) is 12.8. The lowest BCUT2D eigenvalue weighted by atomic mass is 10.3. The van der Waals surface area contributed by atoms with E-state index in [1.54, 1.807) is 22.5 Å². The maximum absolute atomic E-state index is 12.6. The Morgan fingerprint density at radius 3 is 2.56 bits per heavy atom. The number of aryl methyl sites for hydroxylation is 1. The lowest BCUT2D eigenvalue weighted by Crippen LogP contribution is -2.31. The second-order valence-electron chi connectivity index (χ2n) is 6.52. The van der Waals surface area contributed by atoms with Crippen LogP contribution in [0.5, 0.6) is 5.88 Å². The van der Waals surface area contributed by atoms with Crippen molar-refractivity contribution in [3.63, 3.8) is 0 Å². The van der Waals surface area contributed by atoms with Gasteiger partial charge >= 0.3 is 0 Å². The van der Waals surface area contributed by atoms with E-state index in [0.29, 0.717) is 16.2 Å². The van der Waals surface area contributed by atoms with Crippen LogP contribution >= 0.6 is 15.9 Å². The van der Waals surface area contributed by atoms with Gasteiger partial charge in [-0.3, -0.25) is 4.79 Å². The van der Waals surface area contributed by atoms with Gasteiger partial charge in [-0.2, -0.15) is 5.10 Å². The first-order valence-corrected chi connectivity index (χ1v) is 9.48. The highest BCUT2D eigenvalue weighted by Crippen LogP contribution is 2.26. The van der Waals surface area contributed by atoms with Crippen LogP contribution in [0.3, 0.4) is 0 Å². The zero-order valence-electron chi connectivity index (χ0n) is 15.7. The number of nitrogens with one attached hydrogen (secondary N) is 1. The van der Waals surface area contributed by atoms with Crippen LogP contribution in [0.1, 0.15) is 32.5 Å². The fraction of sp³-hybridized carbons (Fsp3) is 0.316. The highest BCUT2D eigenvalue weighted by atomic mass is 79.9. The topological polar surface area (TPSA) is 74.0 Å². The van der Waals surface area contributed by atoms with Gasteiger partial charge in [0.2, 0.25) is 5.88 Å². The number of amides is 1. The van der Waals surface area contributed by atoms with Crippen LogP contribution in [0.15, 0.2) is 47.1 Å². The molecular formula is C19H22BrN5O2. The van der Waals surface area contributed by atoms with Gasteiger partial charge in [0.05, 0.1) is 15.9 Å². The van der Waals surface area contributed by atoms with Crippen molar-refractivity contribution >= 4 is 27.7 Å². The first kappa shape index (κ1) is 19.2. The molecule has 1 atom stereocenters. The van der Waals surface area contributed by atoms with Crippen LogP contribution in [0.4, 0.5) is 5.82 Å². The van der Waals surface area contributed by atoms with Gasteiger partial charge in [0, 0.05) is 18.3 Å². The average Bonchev–Trinajstić information content (AvgIpc) is 3.18. The summed E-state index contributed by atoms with van der Waals surface area (Å²) < 4.78 is 9.92. The number of rotatable bonds is 6. The summed E-state index contributed by atoms with van der Waals surface area (Å²) >= 11 is 3.44. The van der Waals surface area contributed by atoms with E-state index in [2.05, 4.69) is 31.4 Å². The molecule has 0 aliphatic heterocycles. The number of carbonyl (C=O) groups is 1. The molecule has 0 unspecified atom stereocenters. The largest absolute Gasteiger partial charge is 0.463 e. The molecule has 0 bridgehead atoms. The van der Waals surface area contributed by atoms with Crippen molar-refractivity contribution in [2.24, 2.45) is 0 Å². The Labute approximate surface area is 166 Å². The van der Waals surface area contributed by atoms with Gasteiger partial charge in [-0.15, -0.1) is 5.10 Å². The Kier molecular flexibility index (Phi) is 5.65. The van der Waals surface area contributed by atoms with E-state index in [9.17, 15) is 4.79 Å². The first-order valence-electron chi connectivity index (χ1n) is 8.69. The number of ether oxygens (including phenoxy) is 1. The van der Waals surface area contributed by atoms with Crippen molar-refractivity contribution in [1.82, 2.24) is 19.6 Å². The number of nitrogens with zero attached hydrogens (tertiary/aromatic N) is 4. The Morgan fingerprint density at radius 2 is 1.89 bits per heavy atom. The molecule has 2 aromatic heterocycles. The summed E-state index contributed by atoms with van der Waals surface area (Å²) in [5.74, 6) is 0.741. The highest BCUT2D eigenvalue weighted by Gasteiger charge is 2.21. The number of hydrogen-bond acceptors (Lipinski definition) is 4. The van der Waals surface area contributed by atoms with Gasteiger partial charge in [-0.25, -0.2) is 9.36 Å². The number of halogens is 1. The van der Waals surface area contributed by atoms with E-state index in [1.165, 1.54) is 0 Å². The van der Waals surface area contributed by atoms with Crippen molar-refractivity contribution < 1.29 is 9.53 Å². The molecule has 3 aromatic rings. The second-order valence-corrected chi connectivity index (χ2v) is 7.38. The molecule has 0 radical (unpaired) electrons. The smallest absolute Gasteiger partial charge is 0.266 e. The van der Waals surface area contributed by atoms with Crippen LogP contribution in [0.2, 0.25) is 0 Å². The summed E-state index contributed by atoms with van der Waals surface area (Å²) in [5.41, 5.74) is 1.75. The molecule has 0 aliphatic rings. The molecule has 2 heterocycles. The van der Waals surface area contributed by atoms with Crippen molar-refractivity contribution in [3.8, 4) is 11.6 Å². The third-order valence-electron chi connectivity index (χ3n) is 3.92. The summed E-state index contributed by atoms with van der Waals surface area (Å²) in [6, 6.07) is 11.7. The van der Waals surface area contributed by atoms with Crippen LogP contribution in [-0.2, 0) is 4.79 Å². The average molecular weight is 432 g/mol. The molecule has 0 saturated heterocycles. The van der Waals surface area contributed by atoms with Crippen LogP contribution in [-0.4, -0.2) is 31.6 Å². The molecular weight excluding hydrogens is 410 g/mol. The fourth-order valence-electron chi connectivity index (χ4n) is 2.58. The van der Waals surface area contributed by atoms with Crippen molar-refractivity contribution in [3.05, 3.63) is 52.8 Å². The summed E-state index contributed by atoms with van der Waals surface area (Å²) in [5, 5.41) is 11.7. The lowest BCUT2D eigenvalue weighted by Gasteiger charge is -2.15.